The highest BCUT2D eigenvalue weighted by Gasteiger charge is 2.48. The number of rotatable bonds is 4. The van der Waals surface area contributed by atoms with Crippen LogP contribution in [0.5, 0.6) is 0 Å². The van der Waals surface area contributed by atoms with E-state index in [1.165, 1.54) is 13.0 Å². The largest absolute Gasteiger partial charge is 0.416 e. The first-order valence-electron chi connectivity index (χ1n) is 14.0. The van der Waals surface area contributed by atoms with Crippen molar-refractivity contribution in [2.75, 3.05) is 21.7 Å². The van der Waals surface area contributed by atoms with Gasteiger partial charge >= 0.3 is 6.18 Å². The molecule has 0 unspecified atom stereocenters. The number of fused-ring (bicyclic) bond motifs is 3. The molecule has 5 heterocycles. The number of hydrogen-bond acceptors (Lipinski definition) is 6. The molecule has 14 heteroatoms. The Balaban J connectivity index is 1.36. The average molecular weight is 628 g/mol. The summed E-state index contributed by atoms with van der Waals surface area (Å²) >= 11 is 6.67. The van der Waals surface area contributed by atoms with Gasteiger partial charge in [0.05, 0.1) is 40.7 Å². The highest BCUT2D eigenvalue weighted by molar-refractivity contribution is 6.34. The third-order valence-electron chi connectivity index (χ3n) is 8.25. The lowest BCUT2D eigenvalue weighted by Gasteiger charge is -2.35. The first-order valence-corrected chi connectivity index (χ1v) is 14.4. The molecule has 0 saturated carbocycles. The number of anilines is 3. The summed E-state index contributed by atoms with van der Waals surface area (Å²) in [4.78, 5) is 53.1. The van der Waals surface area contributed by atoms with E-state index in [2.05, 4.69) is 16.9 Å². The zero-order valence-electron chi connectivity index (χ0n) is 23.9. The minimum absolute atomic E-state index is 0.0635. The van der Waals surface area contributed by atoms with Crippen LogP contribution < -0.4 is 15.1 Å². The van der Waals surface area contributed by atoms with Crippen molar-refractivity contribution in [3.8, 4) is 0 Å². The molecule has 1 aromatic carbocycles. The number of para-hydroxylation sites is 1. The molecule has 3 amide bonds. The van der Waals surface area contributed by atoms with Crippen molar-refractivity contribution in [1.29, 1.82) is 0 Å². The summed E-state index contributed by atoms with van der Waals surface area (Å²) in [6.45, 7) is 8.26. The molecule has 230 valence electrons. The predicted molar refractivity (Wildman–Crippen MR) is 157 cm³/mol. The third kappa shape index (κ3) is 5.29. The minimum Gasteiger partial charge on any atom is -0.362 e. The maximum Gasteiger partial charge on any atom is 0.416 e. The SMILES string of the molecule is C=CC(=O)N1Cc2nc(CN3C[C@H]4CC(=O)N(c5cc(C(F)(F)F)cc(C)n5)[C@@H]4C(=O)Nc4cccc(Cl)c43)cn2C[C@H]1C. The highest BCUT2D eigenvalue weighted by Crippen LogP contribution is 2.42. The fourth-order valence-electron chi connectivity index (χ4n) is 6.34. The Labute approximate surface area is 256 Å². The second kappa shape index (κ2) is 11.0. The van der Waals surface area contributed by atoms with Gasteiger partial charge in [0.1, 0.15) is 17.7 Å². The van der Waals surface area contributed by atoms with Gasteiger partial charge in [0.25, 0.3) is 0 Å². The van der Waals surface area contributed by atoms with Crippen molar-refractivity contribution < 1.29 is 27.6 Å². The topological polar surface area (TPSA) is 104 Å². The summed E-state index contributed by atoms with van der Waals surface area (Å²) in [6, 6.07) is 5.58. The predicted octanol–water partition coefficient (Wildman–Crippen LogP) is 4.56. The molecule has 0 spiro atoms. The molecule has 1 fully saturated rings. The van der Waals surface area contributed by atoms with Crippen LogP contribution in [0.4, 0.5) is 30.4 Å². The van der Waals surface area contributed by atoms with Gasteiger partial charge in [-0.05, 0) is 44.2 Å². The van der Waals surface area contributed by atoms with E-state index in [1.807, 2.05) is 22.6 Å². The number of halogens is 4. The van der Waals surface area contributed by atoms with Gasteiger partial charge in [-0.1, -0.05) is 24.2 Å². The van der Waals surface area contributed by atoms with Crippen LogP contribution in [-0.2, 0) is 40.2 Å². The van der Waals surface area contributed by atoms with Gasteiger partial charge in [-0.2, -0.15) is 13.2 Å². The molecular weight excluding hydrogens is 599 g/mol. The van der Waals surface area contributed by atoms with Crippen molar-refractivity contribution in [2.24, 2.45) is 5.92 Å². The van der Waals surface area contributed by atoms with E-state index in [4.69, 9.17) is 16.6 Å². The second-order valence-electron chi connectivity index (χ2n) is 11.4. The monoisotopic (exact) mass is 627 g/mol. The smallest absolute Gasteiger partial charge is 0.362 e. The number of nitrogens with zero attached hydrogens (tertiary/aromatic N) is 6. The molecular formula is C30H29ClF3N7O3. The quantitative estimate of drug-likeness (QED) is 0.426. The van der Waals surface area contributed by atoms with E-state index in [9.17, 15) is 27.6 Å². The maximum atomic E-state index is 13.7. The zero-order valence-corrected chi connectivity index (χ0v) is 24.7. The Hall–Kier alpha value is -4.39. The van der Waals surface area contributed by atoms with Crippen LogP contribution in [0.15, 0.2) is 49.2 Å². The lowest BCUT2D eigenvalue weighted by molar-refractivity contribution is -0.137. The summed E-state index contributed by atoms with van der Waals surface area (Å²) in [5.74, 6) is -1.34. The summed E-state index contributed by atoms with van der Waals surface area (Å²) in [6.07, 6.45) is -1.55. The number of hydrogen-bond donors (Lipinski definition) is 1. The van der Waals surface area contributed by atoms with Gasteiger partial charge in [0, 0.05) is 43.4 Å². The van der Waals surface area contributed by atoms with Gasteiger partial charge < -0.3 is 19.7 Å². The number of amides is 3. The van der Waals surface area contributed by atoms with E-state index >= 15 is 0 Å². The summed E-state index contributed by atoms with van der Waals surface area (Å²) in [5.41, 5.74) is 0.748. The number of carbonyl (C=O) groups excluding carboxylic acids is 3. The molecule has 3 aromatic rings. The summed E-state index contributed by atoms with van der Waals surface area (Å²) < 4.78 is 42.9. The number of aryl methyl sites for hydroxylation is 1. The van der Waals surface area contributed by atoms with Crippen LogP contribution in [0.3, 0.4) is 0 Å². The zero-order chi connectivity index (χ0) is 31.5. The van der Waals surface area contributed by atoms with Crippen LogP contribution in [0, 0.1) is 12.8 Å². The minimum atomic E-state index is -4.65. The van der Waals surface area contributed by atoms with Crippen LogP contribution >= 0.6 is 11.6 Å². The van der Waals surface area contributed by atoms with Crippen molar-refractivity contribution >= 4 is 46.5 Å². The van der Waals surface area contributed by atoms with Gasteiger partial charge in [-0.15, -0.1) is 0 Å². The molecule has 3 aliphatic rings. The first-order chi connectivity index (χ1) is 20.8. The molecule has 0 radical (unpaired) electrons. The highest BCUT2D eigenvalue weighted by atomic mass is 35.5. The van der Waals surface area contributed by atoms with Gasteiger partial charge in [-0.25, -0.2) is 9.97 Å². The molecule has 3 aliphatic heterocycles. The Kier molecular flexibility index (Phi) is 7.39. The molecule has 3 atom stereocenters. The molecule has 10 nitrogen and oxygen atoms in total. The van der Waals surface area contributed by atoms with Crippen molar-refractivity contribution in [3.05, 3.63) is 77.0 Å². The molecule has 1 N–H and O–H groups in total. The summed E-state index contributed by atoms with van der Waals surface area (Å²) in [7, 11) is 0. The van der Waals surface area contributed by atoms with E-state index in [-0.39, 0.29) is 43.0 Å². The Morgan fingerprint density at radius 2 is 1.98 bits per heavy atom. The standard InChI is InChI=1S/C30H29ClF3N7O3/c1-4-25(42)40-15-24-36-20(13-38(24)11-17(40)3)14-39-12-18-9-26(43)41(23-10-19(30(32,33)34)8-16(2)35-23)27(18)29(44)37-22-7-5-6-21(31)28(22)39/h4-8,10,13,17-18,27H,1,9,11-12,14-15H2,2-3H3,(H,37,44)/t17-,18-,27+/m1/s1. The van der Waals surface area contributed by atoms with Crippen LogP contribution in [0.25, 0.3) is 0 Å². The number of benzene rings is 1. The van der Waals surface area contributed by atoms with E-state index < -0.39 is 35.5 Å². The lowest BCUT2D eigenvalue weighted by atomic mass is 9.96. The first kappa shape index (κ1) is 29.7. The Morgan fingerprint density at radius 1 is 1.20 bits per heavy atom. The third-order valence-corrected chi connectivity index (χ3v) is 8.56. The Morgan fingerprint density at radius 3 is 2.70 bits per heavy atom. The van der Waals surface area contributed by atoms with Gasteiger partial charge in [-0.3, -0.25) is 19.3 Å². The molecule has 2 aromatic heterocycles. The van der Waals surface area contributed by atoms with Crippen LogP contribution in [-0.4, -0.2) is 55.8 Å². The number of nitrogens with one attached hydrogen (secondary N) is 1. The van der Waals surface area contributed by atoms with Crippen molar-refractivity contribution in [1.82, 2.24) is 19.4 Å². The number of carbonyl (C=O) groups is 3. The fraction of sp³-hybridized carbons (Fsp3) is 0.367. The van der Waals surface area contributed by atoms with Crippen LogP contribution in [0.1, 0.15) is 36.1 Å². The molecule has 1 saturated heterocycles. The second-order valence-corrected chi connectivity index (χ2v) is 11.8. The van der Waals surface area contributed by atoms with Crippen LogP contribution in [0.2, 0.25) is 5.02 Å². The molecule has 0 aliphatic carbocycles. The normalized spacial score (nSPS) is 21.7. The summed E-state index contributed by atoms with van der Waals surface area (Å²) in [5, 5.41) is 3.23. The fourth-order valence-corrected chi connectivity index (χ4v) is 6.63. The number of imidazole rings is 1. The van der Waals surface area contributed by atoms with E-state index in [0.717, 1.165) is 17.0 Å². The maximum absolute atomic E-state index is 13.7. The van der Waals surface area contributed by atoms with Gasteiger partial charge in [0.15, 0.2) is 0 Å². The van der Waals surface area contributed by atoms with Gasteiger partial charge in [0.2, 0.25) is 17.7 Å². The van der Waals surface area contributed by atoms with Crippen molar-refractivity contribution in [3.63, 3.8) is 0 Å². The van der Waals surface area contributed by atoms with Crippen molar-refractivity contribution in [2.45, 2.75) is 58.2 Å². The Bertz CT molecular complexity index is 1690. The van der Waals surface area contributed by atoms with E-state index in [0.29, 0.717) is 41.0 Å². The number of aromatic nitrogens is 3. The number of alkyl halides is 3. The average Bonchev–Trinajstić information content (AvgIpc) is 3.49. The number of pyridine rings is 1. The lowest BCUT2D eigenvalue weighted by Crippen LogP contribution is -2.49. The molecule has 0 bridgehead atoms. The molecule has 44 heavy (non-hydrogen) atoms. The van der Waals surface area contributed by atoms with E-state index in [1.54, 1.807) is 23.1 Å². The molecule has 6 rings (SSSR count).